The highest BCUT2D eigenvalue weighted by atomic mass is 19.2. The van der Waals surface area contributed by atoms with Gasteiger partial charge in [0.15, 0.2) is 23.1 Å². The number of hydrogen-bond donors (Lipinski definition) is 0. The summed E-state index contributed by atoms with van der Waals surface area (Å²) < 4.78 is 32.7. The smallest absolute Gasteiger partial charge is 0.201 e. The van der Waals surface area contributed by atoms with Gasteiger partial charge >= 0.3 is 0 Å². The molecule has 0 amide bonds. The maximum Gasteiger partial charge on any atom is 0.201 e. The fourth-order valence-electron chi connectivity index (χ4n) is 2.88. The number of hydrogen-bond acceptors (Lipinski definition) is 3. The Morgan fingerprint density at radius 2 is 1.24 bits per heavy atom. The molecule has 0 heterocycles. The highest BCUT2D eigenvalue weighted by molar-refractivity contribution is 6.29. The van der Waals surface area contributed by atoms with Gasteiger partial charge < -0.3 is 4.74 Å². The van der Waals surface area contributed by atoms with E-state index >= 15 is 0 Å². The van der Waals surface area contributed by atoms with Crippen molar-refractivity contribution in [3.05, 3.63) is 94.6 Å². The zero-order valence-electron chi connectivity index (χ0n) is 12.8. The van der Waals surface area contributed by atoms with Crippen molar-refractivity contribution in [2.75, 3.05) is 0 Å². The predicted molar refractivity (Wildman–Crippen MR) is 86.2 cm³/mol. The summed E-state index contributed by atoms with van der Waals surface area (Å²) in [4.78, 5) is 25.5. The molecule has 0 saturated heterocycles. The first-order valence-corrected chi connectivity index (χ1v) is 7.51. The fraction of sp³-hybridized carbons (Fsp3) is 0. The van der Waals surface area contributed by atoms with E-state index in [0.29, 0.717) is 5.56 Å². The second kappa shape index (κ2) is 5.63. The SMILES string of the molecule is O=C1c2ccccc2C(=O)c2c(Oc3cccc(F)c3F)cccc21. The van der Waals surface area contributed by atoms with E-state index in [1.165, 1.54) is 30.3 Å². The highest BCUT2D eigenvalue weighted by Gasteiger charge is 2.32. The summed E-state index contributed by atoms with van der Waals surface area (Å²) in [7, 11) is 0. The lowest BCUT2D eigenvalue weighted by Gasteiger charge is -2.20. The second-order valence-electron chi connectivity index (χ2n) is 5.54. The van der Waals surface area contributed by atoms with Gasteiger partial charge in [0.25, 0.3) is 0 Å². The van der Waals surface area contributed by atoms with Crippen LogP contribution >= 0.6 is 0 Å². The van der Waals surface area contributed by atoms with Crippen LogP contribution in [0.2, 0.25) is 0 Å². The van der Waals surface area contributed by atoms with Crippen molar-refractivity contribution < 1.29 is 23.1 Å². The molecule has 0 spiro atoms. The molecule has 5 heteroatoms. The van der Waals surface area contributed by atoms with Crippen molar-refractivity contribution in [3.8, 4) is 11.5 Å². The molecule has 0 aromatic heterocycles. The average molecular weight is 336 g/mol. The number of ether oxygens (including phenoxy) is 1. The van der Waals surface area contributed by atoms with E-state index in [0.717, 1.165) is 6.07 Å². The molecular weight excluding hydrogens is 326 g/mol. The van der Waals surface area contributed by atoms with Crippen LogP contribution in [0.5, 0.6) is 11.5 Å². The molecule has 4 rings (SSSR count). The Hall–Kier alpha value is -3.34. The molecule has 25 heavy (non-hydrogen) atoms. The van der Waals surface area contributed by atoms with Gasteiger partial charge in [0.1, 0.15) is 5.75 Å². The molecule has 0 saturated carbocycles. The van der Waals surface area contributed by atoms with Gasteiger partial charge in [-0.3, -0.25) is 9.59 Å². The predicted octanol–water partition coefficient (Wildman–Crippen LogP) is 4.53. The van der Waals surface area contributed by atoms with Crippen LogP contribution in [-0.4, -0.2) is 11.6 Å². The van der Waals surface area contributed by atoms with Gasteiger partial charge in [-0.25, -0.2) is 4.39 Å². The topological polar surface area (TPSA) is 43.4 Å². The number of ketones is 2. The lowest BCUT2D eigenvalue weighted by molar-refractivity contribution is 0.0977. The average Bonchev–Trinajstić information content (AvgIpc) is 2.63. The Morgan fingerprint density at radius 3 is 2.00 bits per heavy atom. The zero-order valence-corrected chi connectivity index (χ0v) is 12.8. The summed E-state index contributed by atoms with van der Waals surface area (Å²) >= 11 is 0. The first-order chi connectivity index (χ1) is 12.1. The van der Waals surface area contributed by atoms with E-state index in [1.807, 2.05) is 0 Å². The minimum atomic E-state index is -1.16. The molecule has 0 bridgehead atoms. The number of rotatable bonds is 2. The third-order valence-corrected chi connectivity index (χ3v) is 4.05. The largest absolute Gasteiger partial charge is 0.453 e. The normalized spacial score (nSPS) is 12.6. The molecule has 0 unspecified atom stereocenters. The van der Waals surface area contributed by atoms with Crippen molar-refractivity contribution in [1.29, 1.82) is 0 Å². The van der Waals surface area contributed by atoms with E-state index in [9.17, 15) is 18.4 Å². The Labute approximate surface area is 141 Å². The van der Waals surface area contributed by atoms with Gasteiger partial charge in [0, 0.05) is 16.7 Å². The lowest BCUT2D eigenvalue weighted by Crippen LogP contribution is -2.21. The van der Waals surface area contributed by atoms with Gasteiger partial charge in [-0.05, 0) is 18.2 Å². The summed E-state index contributed by atoms with van der Waals surface area (Å²) in [6, 6.07) is 14.5. The molecule has 0 N–H and O–H groups in total. The molecule has 1 aliphatic rings. The van der Waals surface area contributed by atoms with E-state index in [-0.39, 0.29) is 34.0 Å². The Bertz CT molecular complexity index is 1040. The molecule has 0 aliphatic heterocycles. The van der Waals surface area contributed by atoms with E-state index in [1.54, 1.807) is 24.3 Å². The number of halogens is 2. The minimum absolute atomic E-state index is 0.00912. The van der Waals surface area contributed by atoms with Gasteiger partial charge in [0.05, 0.1) is 5.56 Å². The standard InChI is InChI=1S/C20H10F2O3/c21-14-8-4-10-16(18(14)22)25-15-9-3-7-13-17(15)20(24)12-6-2-1-5-11(12)19(13)23/h1-10H. The molecular formula is C20H10F2O3. The summed E-state index contributed by atoms with van der Waals surface area (Å²) in [5.74, 6) is -3.26. The quantitative estimate of drug-likeness (QED) is 0.540. The van der Waals surface area contributed by atoms with Gasteiger partial charge in [-0.2, -0.15) is 4.39 Å². The van der Waals surface area contributed by atoms with Gasteiger partial charge in [0.2, 0.25) is 5.82 Å². The Balaban J connectivity index is 1.87. The van der Waals surface area contributed by atoms with Crippen LogP contribution in [0, 0.1) is 11.6 Å². The summed E-state index contributed by atoms with van der Waals surface area (Å²) in [5.41, 5.74) is 0.803. The second-order valence-corrected chi connectivity index (χ2v) is 5.54. The minimum Gasteiger partial charge on any atom is -0.453 e. The van der Waals surface area contributed by atoms with Crippen LogP contribution in [0.25, 0.3) is 0 Å². The number of carbonyl (C=O) groups excluding carboxylic acids is 2. The van der Waals surface area contributed by atoms with E-state index in [2.05, 4.69) is 0 Å². The maximum absolute atomic E-state index is 13.9. The van der Waals surface area contributed by atoms with E-state index in [4.69, 9.17) is 4.74 Å². The first-order valence-electron chi connectivity index (χ1n) is 7.51. The van der Waals surface area contributed by atoms with Crippen molar-refractivity contribution in [3.63, 3.8) is 0 Å². The van der Waals surface area contributed by atoms with Crippen LogP contribution < -0.4 is 4.74 Å². The third-order valence-electron chi connectivity index (χ3n) is 4.05. The highest BCUT2D eigenvalue weighted by Crippen LogP contribution is 2.36. The summed E-state index contributed by atoms with van der Waals surface area (Å²) in [6.45, 7) is 0. The molecule has 1 aliphatic carbocycles. The Kier molecular flexibility index (Phi) is 3.42. The number of fused-ring (bicyclic) bond motifs is 2. The number of carbonyl (C=O) groups is 2. The molecule has 0 atom stereocenters. The molecule has 3 aromatic rings. The van der Waals surface area contributed by atoms with Crippen molar-refractivity contribution >= 4 is 11.6 Å². The summed E-state index contributed by atoms with van der Waals surface area (Å²) in [6.07, 6.45) is 0. The maximum atomic E-state index is 13.9. The van der Waals surface area contributed by atoms with E-state index < -0.39 is 17.4 Å². The van der Waals surface area contributed by atoms with Crippen LogP contribution in [0.15, 0.2) is 60.7 Å². The van der Waals surface area contributed by atoms with Crippen LogP contribution in [0.1, 0.15) is 31.8 Å². The van der Waals surface area contributed by atoms with Crippen LogP contribution in [-0.2, 0) is 0 Å². The van der Waals surface area contributed by atoms with Crippen molar-refractivity contribution in [1.82, 2.24) is 0 Å². The number of benzene rings is 3. The fourth-order valence-corrected chi connectivity index (χ4v) is 2.88. The monoisotopic (exact) mass is 336 g/mol. The van der Waals surface area contributed by atoms with Gasteiger partial charge in [-0.15, -0.1) is 0 Å². The van der Waals surface area contributed by atoms with Gasteiger partial charge in [-0.1, -0.05) is 42.5 Å². The molecule has 3 nitrogen and oxygen atoms in total. The first kappa shape index (κ1) is 15.2. The van der Waals surface area contributed by atoms with Crippen molar-refractivity contribution in [2.24, 2.45) is 0 Å². The van der Waals surface area contributed by atoms with Crippen molar-refractivity contribution in [2.45, 2.75) is 0 Å². The summed E-state index contributed by atoms with van der Waals surface area (Å²) in [5, 5.41) is 0. The molecule has 0 radical (unpaired) electrons. The lowest BCUT2D eigenvalue weighted by atomic mass is 9.83. The Morgan fingerprint density at radius 1 is 0.640 bits per heavy atom. The molecule has 3 aromatic carbocycles. The van der Waals surface area contributed by atoms with Crippen LogP contribution in [0.4, 0.5) is 8.78 Å². The molecule has 0 fully saturated rings. The van der Waals surface area contributed by atoms with Crippen LogP contribution in [0.3, 0.4) is 0 Å². The zero-order chi connectivity index (χ0) is 17.6. The molecule has 122 valence electrons. The third kappa shape index (κ3) is 2.32.